The Hall–Kier alpha value is -4.25. The van der Waals surface area contributed by atoms with Crippen LogP contribution in [-0.2, 0) is 35.4 Å². The standard InChI is InChI=1S/C22H29N5O11S/c1-3-37-21(32)17(25-38-10-13-4-6-14(7-5-13)27(35)36)12-39-11-16(19(29)26(2)22(33)34)24-18(28)9-8-15(23)20(30)31/h4-7,15-16H,3,8-12,23H2,1-2H3,(H,24,28)(H,30,31)(H,33,34)/b25-17-. The quantitative estimate of drug-likeness (QED) is 0.0919. The number of oxime groups is 1. The molecule has 0 radical (unpaired) electrons. The van der Waals surface area contributed by atoms with E-state index in [9.17, 15) is 34.1 Å². The van der Waals surface area contributed by atoms with Gasteiger partial charge in [0.15, 0.2) is 5.71 Å². The number of amides is 3. The number of nitro groups is 1. The zero-order chi connectivity index (χ0) is 29.5. The summed E-state index contributed by atoms with van der Waals surface area (Å²) in [5, 5.41) is 34.8. The molecule has 0 aromatic heterocycles. The number of nitro benzene ring substituents is 1. The van der Waals surface area contributed by atoms with Crippen molar-refractivity contribution in [3.63, 3.8) is 0 Å². The number of benzene rings is 1. The Morgan fingerprint density at radius 3 is 2.38 bits per heavy atom. The zero-order valence-electron chi connectivity index (χ0n) is 21.1. The lowest BCUT2D eigenvalue weighted by Gasteiger charge is -2.21. The van der Waals surface area contributed by atoms with Crippen molar-refractivity contribution in [1.29, 1.82) is 0 Å². The molecule has 3 amide bonds. The van der Waals surface area contributed by atoms with Crippen molar-refractivity contribution in [2.24, 2.45) is 10.9 Å². The van der Waals surface area contributed by atoms with Crippen LogP contribution in [0.2, 0.25) is 0 Å². The average Bonchev–Trinajstić information content (AvgIpc) is 2.89. The highest BCUT2D eigenvalue weighted by atomic mass is 32.2. The van der Waals surface area contributed by atoms with Crippen molar-refractivity contribution >= 4 is 53.0 Å². The molecule has 0 aliphatic carbocycles. The van der Waals surface area contributed by atoms with Crippen LogP contribution < -0.4 is 11.1 Å². The number of nitrogens with zero attached hydrogens (tertiary/aromatic N) is 3. The molecule has 0 aliphatic rings. The highest BCUT2D eigenvalue weighted by Gasteiger charge is 2.28. The van der Waals surface area contributed by atoms with Crippen LogP contribution in [-0.4, -0.2) is 92.8 Å². The minimum atomic E-state index is -1.56. The van der Waals surface area contributed by atoms with Gasteiger partial charge in [-0.2, -0.15) is 11.8 Å². The van der Waals surface area contributed by atoms with Crippen LogP contribution in [0.4, 0.5) is 10.5 Å². The fourth-order valence-corrected chi connectivity index (χ4v) is 3.63. The lowest BCUT2D eigenvalue weighted by atomic mass is 10.1. The number of imide groups is 1. The van der Waals surface area contributed by atoms with Gasteiger partial charge < -0.3 is 30.8 Å². The van der Waals surface area contributed by atoms with Crippen LogP contribution >= 0.6 is 11.8 Å². The molecule has 2 atom stereocenters. The highest BCUT2D eigenvalue weighted by Crippen LogP contribution is 2.13. The van der Waals surface area contributed by atoms with E-state index in [0.29, 0.717) is 10.5 Å². The Kier molecular flexibility index (Phi) is 13.9. The number of thioether (sulfide) groups is 1. The van der Waals surface area contributed by atoms with E-state index in [1.54, 1.807) is 6.92 Å². The maximum atomic E-state index is 12.6. The molecule has 5 N–H and O–H groups in total. The third kappa shape index (κ3) is 11.8. The fraction of sp³-hybridized carbons (Fsp3) is 0.455. The van der Waals surface area contributed by atoms with Gasteiger partial charge in [-0.1, -0.05) is 5.16 Å². The number of carbonyl (C=O) groups excluding carboxylic acids is 3. The lowest BCUT2D eigenvalue weighted by Crippen LogP contribution is -2.50. The molecule has 1 aromatic rings. The third-order valence-corrected chi connectivity index (χ3v) is 5.88. The van der Waals surface area contributed by atoms with E-state index in [-0.39, 0.29) is 49.0 Å². The van der Waals surface area contributed by atoms with Gasteiger partial charge in [0, 0.05) is 37.1 Å². The van der Waals surface area contributed by atoms with Crippen LogP contribution in [0.3, 0.4) is 0 Å². The fourth-order valence-electron chi connectivity index (χ4n) is 2.69. The molecule has 39 heavy (non-hydrogen) atoms. The number of esters is 1. The Morgan fingerprint density at radius 1 is 1.21 bits per heavy atom. The first-order valence-corrected chi connectivity index (χ1v) is 12.5. The number of hydrogen-bond donors (Lipinski definition) is 4. The molecule has 0 saturated heterocycles. The van der Waals surface area contributed by atoms with Gasteiger partial charge in [0.1, 0.15) is 18.7 Å². The van der Waals surface area contributed by atoms with E-state index in [1.807, 2.05) is 0 Å². The Morgan fingerprint density at radius 2 is 1.85 bits per heavy atom. The SMILES string of the molecule is CCOC(=O)/C(CSCC(NC(=O)CCC(N)C(=O)O)C(=O)N(C)C(=O)O)=N\OCc1ccc([N+](=O)[O-])cc1. The van der Waals surface area contributed by atoms with E-state index in [0.717, 1.165) is 18.8 Å². The number of nitrogens with two attached hydrogens (primary N) is 1. The molecule has 0 fully saturated rings. The first-order valence-electron chi connectivity index (χ1n) is 11.3. The summed E-state index contributed by atoms with van der Waals surface area (Å²) in [7, 11) is 0.992. The molecular formula is C22H29N5O11S. The number of ether oxygens (including phenoxy) is 1. The van der Waals surface area contributed by atoms with E-state index in [4.69, 9.17) is 25.5 Å². The number of aliphatic carboxylic acids is 1. The van der Waals surface area contributed by atoms with E-state index in [1.165, 1.54) is 24.3 Å². The Labute approximate surface area is 226 Å². The number of likely N-dealkylation sites (N-methyl/N-ethyl adjacent to an activating group) is 1. The van der Waals surface area contributed by atoms with E-state index in [2.05, 4.69) is 10.5 Å². The summed E-state index contributed by atoms with van der Waals surface area (Å²) in [6.07, 6.45) is -2.11. The summed E-state index contributed by atoms with van der Waals surface area (Å²) in [5.41, 5.74) is 5.62. The summed E-state index contributed by atoms with van der Waals surface area (Å²) in [5.74, 6) is -4.15. The van der Waals surface area contributed by atoms with E-state index < -0.39 is 46.9 Å². The summed E-state index contributed by atoms with van der Waals surface area (Å²) in [6, 6.07) is 2.82. The van der Waals surface area contributed by atoms with Gasteiger partial charge in [-0.15, -0.1) is 0 Å². The van der Waals surface area contributed by atoms with Crippen molar-refractivity contribution in [2.45, 2.75) is 38.5 Å². The van der Waals surface area contributed by atoms with Gasteiger partial charge >= 0.3 is 18.0 Å². The minimum Gasteiger partial charge on any atom is -0.480 e. The van der Waals surface area contributed by atoms with Crippen molar-refractivity contribution in [2.75, 3.05) is 25.2 Å². The first kappa shape index (κ1) is 32.8. The monoisotopic (exact) mass is 571 g/mol. The summed E-state index contributed by atoms with van der Waals surface area (Å²) >= 11 is 0.943. The molecule has 214 valence electrons. The molecular weight excluding hydrogens is 542 g/mol. The van der Waals surface area contributed by atoms with Crippen LogP contribution in [0.5, 0.6) is 0 Å². The number of nitrogens with one attached hydrogen (secondary N) is 1. The molecule has 0 heterocycles. The average molecular weight is 572 g/mol. The van der Waals surface area contributed by atoms with Gasteiger partial charge in [0.25, 0.3) is 11.6 Å². The minimum absolute atomic E-state index is 0.0317. The van der Waals surface area contributed by atoms with Crippen LogP contribution in [0, 0.1) is 10.1 Å². The largest absolute Gasteiger partial charge is 0.480 e. The van der Waals surface area contributed by atoms with Gasteiger partial charge in [-0.25, -0.2) is 14.5 Å². The van der Waals surface area contributed by atoms with Gasteiger partial charge in [0.2, 0.25) is 5.91 Å². The summed E-state index contributed by atoms with van der Waals surface area (Å²) in [4.78, 5) is 75.0. The van der Waals surface area contributed by atoms with E-state index >= 15 is 0 Å². The third-order valence-electron chi connectivity index (χ3n) is 4.84. The smallest absolute Gasteiger partial charge is 0.413 e. The molecule has 0 bridgehead atoms. The number of non-ortho nitro benzene ring substituents is 1. The number of rotatable bonds is 16. The van der Waals surface area contributed by atoms with Crippen molar-refractivity contribution in [3.8, 4) is 0 Å². The molecule has 1 rings (SSSR count). The normalized spacial score (nSPS) is 12.5. The molecule has 1 aromatic carbocycles. The lowest BCUT2D eigenvalue weighted by molar-refractivity contribution is -0.384. The second-order valence-electron chi connectivity index (χ2n) is 7.75. The van der Waals surface area contributed by atoms with Crippen LogP contribution in [0.25, 0.3) is 0 Å². The van der Waals surface area contributed by atoms with Gasteiger partial charge in [0.05, 0.1) is 11.5 Å². The van der Waals surface area contributed by atoms with Crippen molar-refractivity contribution in [3.05, 3.63) is 39.9 Å². The molecule has 0 spiro atoms. The molecule has 16 nitrogen and oxygen atoms in total. The van der Waals surface area contributed by atoms with Gasteiger partial charge in [-0.05, 0) is 31.0 Å². The number of hydrogen-bond acceptors (Lipinski definition) is 12. The van der Waals surface area contributed by atoms with Crippen LogP contribution in [0.15, 0.2) is 29.4 Å². The van der Waals surface area contributed by atoms with Crippen molar-refractivity contribution in [1.82, 2.24) is 10.2 Å². The van der Waals surface area contributed by atoms with Gasteiger partial charge in [-0.3, -0.25) is 24.5 Å². The maximum absolute atomic E-state index is 12.6. The Bertz CT molecular complexity index is 1080. The topological polar surface area (TPSA) is 241 Å². The predicted octanol–water partition coefficient (Wildman–Crippen LogP) is 0.577. The van der Waals surface area contributed by atoms with Crippen molar-refractivity contribution < 1.29 is 48.7 Å². The second kappa shape index (κ2) is 16.6. The first-order chi connectivity index (χ1) is 18.4. The predicted molar refractivity (Wildman–Crippen MR) is 137 cm³/mol. The number of carboxylic acids is 1. The number of carboxylic acid groups (broad SMARTS) is 2. The molecule has 17 heteroatoms. The highest BCUT2D eigenvalue weighted by molar-refractivity contribution is 8.00. The molecule has 2 unspecified atom stereocenters. The van der Waals surface area contributed by atoms with Crippen LogP contribution in [0.1, 0.15) is 25.3 Å². The zero-order valence-corrected chi connectivity index (χ0v) is 21.9. The number of carbonyl (C=O) groups is 5. The molecule has 0 saturated carbocycles. The summed E-state index contributed by atoms with van der Waals surface area (Å²) in [6.45, 7) is 1.48. The Balaban J connectivity index is 2.88. The molecule has 0 aliphatic heterocycles. The second-order valence-corrected chi connectivity index (χ2v) is 8.78. The summed E-state index contributed by atoms with van der Waals surface area (Å²) < 4.78 is 4.94. The maximum Gasteiger partial charge on any atom is 0.413 e.